The van der Waals surface area contributed by atoms with Crippen molar-refractivity contribution in [1.82, 2.24) is 0 Å². The molecule has 2 rings (SSSR count). The SMILES string of the molecule is COc1ccc(C(N)=[NH+]OC(=O)c2ccc(C)cc2)cc1. The molecule has 0 bridgehead atoms. The summed E-state index contributed by atoms with van der Waals surface area (Å²) in [6.45, 7) is 1.95. The van der Waals surface area contributed by atoms with Gasteiger partial charge in [0.1, 0.15) is 5.75 Å². The molecule has 0 aliphatic rings. The number of methoxy groups -OCH3 is 1. The third kappa shape index (κ3) is 3.82. The van der Waals surface area contributed by atoms with Crippen molar-refractivity contribution in [2.45, 2.75) is 6.92 Å². The molecule has 108 valence electrons. The lowest BCUT2D eigenvalue weighted by molar-refractivity contribution is -0.721. The summed E-state index contributed by atoms with van der Waals surface area (Å²) >= 11 is 0. The van der Waals surface area contributed by atoms with E-state index in [1.165, 1.54) is 0 Å². The number of nitrogens with two attached hydrogens (primary N) is 1. The molecule has 0 amide bonds. The summed E-state index contributed by atoms with van der Waals surface area (Å²) in [6.07, 6.45) is 0. The van der Waals surface area contributed by atoms with Crippen LogP contribution in [0, 0.1) is 6.92 Å². The highest BCUT2D eigenvalue weighted by Crippen LogP contribution is 2.10. The number of aryl methyl sites for hydroxylation is 1. The number of ether oxygens (including phenoxy) is 1. The zero-order chi connectivity index (χ0) is 15.2. The first-order valence-corrected chi connectivity index (χ1v) is 6.41. The van der Waals surface area contributed by atoms with Gasteiger partial charge < -0.3 is 4.74 Å². The predicted octanol–water partition coefficient (Wildman–Crippen LogP) is 0.562. The Bertz CT molecular complexity index is 646. The van der Waals surface area contributed by atoms with Gasteiger partial charge in [-0.1, -0.05) is 22.9 Å². The van der Waals surface area contributed by atoms with Crippen molar-refractivity contribution >= 4 is 11.8 Å². The molecule has 0 aliphatic carbocycles. The van der Waals surface area contributed by atoms with Crippen LogP contribution >= 0.6 is 0 Å². The molecular weight excluding hydrogens is 268 g/mol. The minimum Gasteiger partial charge on any atom is -0.497 e. The van der Waals surface area contributed by atoms with Crippen LogP contribution in [0.4, 0.5) is 0 Å². The minimum atomic E-state index is -0.494. The first-order chi connectivity index (χ1) is 10.1. The van der Waals surface area contributed by atoms with Crippen molar-refractivity contribution in [3.8, 4) is 5.75 Å². The largest absolute Gasteiger partial charge is 0.497 e. The second-order valence-electron chi connectivity index (χ2n) is 4.50. The Morgan fingerprint density at radius 2 is 1.57 bits per heavy atom. The van der Waals surface area contributed by atoms with Gasteiger partial charge in [-0.3, -0.25) is 10.6 Å². The standard InChI is InChI=1S/C16H16N2O3/c1-11-3-5-13(6-4-11)16(19)21-18-15(17)12-7-9-14(20-2)10-8-12/h3-10H,1-2H3,(H2,17,18)/p+1. The van der Waals surface area contributed by atoms with Crippen molar-refractivity contribution in [3.05, 3.63) is 65.2 Å². The number of hydrogen-bond acceptors (Lipinski definition) is 3. The Morgan fingerprint density at radius 1 is 1.00 bits per heavy atom. The Kier molecular flexibility index (Phi) is 4.56. The van der Waals surface area contributed by atoms with Crippen LogP contribution in [0.5, 0.6) is 5.75 Å². The maximum atomic E-state index is 11.8. The molecule has 5 nitrogen and oxygen atoms in total. The Labute approximate surface area is 123 Å². The van der Waals surface area contributed by atoms with Crippen molar-refractivity contribution < 1.29 is 19.5 Å². The molecule has 0 spiro atoms. The minimum absolute atomic E-state index is 0.248. The lowest BCUT2D eigenvalue weighted by Crippen LogP contribution is -2.75. The fraction of sp³-hybridized carbons (Fsp3) is 0.125. The molecule has 0 heterocycles. The van der Waals surface area contributed by atoms with Gasteiger partial charge in [0.15, 0.2) is 0 Å². The Hall–Kier alpha value is -2.82. The van der Waals surface area contributed by atoms with E-state index in [0.29, 0.717) is 11.1 Å². The van der Waals surface area contributed by atoms with E-state index in [1.807, 2.05) is 19.1 Å². The van der Waals surface area contributed by atoms with Crippen molar-refractivity contribution in [1.29, 1.82) is 0 Å². The number of amidine groups is 1. The molecule has 0 unspecified atom stereocenters. The maximum absolute atomic E-state index is 11.8. The summed E-state index contributed by atoms with van der Waals surface area (Å²) in [6, 6.07) is 14.1. The summed E-state index contributed by atoms with van der Waals surface area (Å²) in [5.74, 6) is 0.479. The van der Waals surface area contributed by atoms with E-state index in [2.05, 4.69) is 5.16 Å². The average Bonchev–Trinajstić information content (AvgIpc) is 2.53. The Morgan fingerprint density at radius 3 is 2.14 bits per heavy atom. The van der Waals surface area contributed by atoms with Crippen molar-refractivity contribution in [3.63, 3.8) is 0 Å². The molecular formula is C16H17N2O3+. The van der Waals surface area contributed by atoms with E-state index >= 15 is 0 Å². The number of nitrogens with one attached hydrogen (secondary N) is 1. The summed E-state index contributed by atoms with van der Waals surface area (Å²) in [5.41, 5.74) is 8.05. The zero-order valence-corrected chi connectivity index (χ0v) is 11.9. The monoisotopic (exact) mass is 285 g/mol. The van der Waals surface area contributed by atoms with E-state index in [-0.39, 0.29) is 5.84 Å². The van der Waals surface area contributed by atoms with Crippen molar-refractivity contribution in [2.24, 2.45) is 5.73 Å². The highest BCUT2D eigenvalue weighted by molar-refractivity contribution is 5.93. The summed E-state index contributed by atoms with van der Waals surface area (Å²) in [4.78, 5) is 16.8. The predicted molar refractivity (Wildman–Crippen MR) is 78.8 cm³/mol. The normalized spacial score (nSPS) is 11.0. The van der Waals surface area contributed by atoms with Gasteiger partial charge in [0, 0.05) is 0 Å². The topological polar surface area (TPSA) is 75.5 Å². The molecule has 0 fully saturated rings. The van der Waals surface area contributed by atoms with E-state index in [0.717, 1.165) is 11.3 Å². The highest BCUT2D eigenvalue weighted by atomic mass is 16.7. The number of hydrogen-bond donors (Lipinski definition) is 2. The van der Waals surface area contributed by atoms with Crippen LogP contribution in [0.15, 0.2) is 48.5 Å². The molecule has 0 atom stereocenters. The van der Waals surface area contributed by atoms with Gasteiger partial charge in [-0.15, -0.1) is 0 Å². The summed E-state index contributed by atoms with van der Waals surface area (Å²) in [5, 5.41) is 2.45. The van der Waals surface area contributed by atoms with Crippen LogP contribution in [0.2, 0.25) is 0 Å². The van der Waals surface area contributed by atoms with Gasteiger partial charge in [-0.2, -0.15) is 0 Å². The second kappa shape index (κ2) is 6.56. The number of carbonyl (C=O) groups excluding carboxylic acids is 1. The van der Waals surface area contributed by atoms with E-state index < -0.39 is 5.97 Å². The van der Waals surface area contributed by atoms with Gasteiger partial charge in [-0.05, 0) is 43.3 Å². The van der Waals surface area contributed by atoms with Gasteiger partial charge in [0.25, 0.3) is 0 Å². The zero-order valence-electron chi connectivity index (χ0n) is 11.9. The third-order valence-corrected chi connectivity index (χ3v) is 2.94. The number of carbonyl (C=O) groups is 1. The van der Waals surface area contributed by atoms with E-state index in [9.17, 15) is 4.79 Å². The van der Waals surface area contributed by atoms with Crippen LogP contribution in [-0.2, 0) is 4.84 Å². The van der Waals surface area contributed by atoms with E-state index in [1.54, 1.807) is 43.5 Å². The summed E-state index contributed by atoms with van der Waals surface area (Å²) in [7, 11) is 1.59. The number of benzene rings is 2. The average molecular weight is 285 g/mol. The fourth-order valence-corrected chi connectivity index (χ4v) is 1.68. The van der Waals surface area contributed by atoms with Crippen LogP contribution in [0.3, 0.4) is 0 Å². The van der Waals surface area contributed by atoms with Crippen LogP contribution in [-0.4, -0.2) is 18.9 Å². The number of rotatable bonds is 4. The molecule has 0 aromatic heterocycles. The highest BCUT2D eigenvalue weighted by Gasteiger charge is 2.10. The first kappa shape index (κ1) is 14.6. The quantitative estimate of drug-likeness (QED) is 0.372. The molecule has 5 heteroatoms. The van der Waals surface area contributed by atoms with Crippen LogP contribution < -0.4 is 15.6 Å². The lowest BCUT2D eigenvalue weighted by atomic mass is 10.2. The van der Waals surface area contributed by atoms with E-state index in [4.69, 9.17) is 15.3 Å². The van der Waals surface area contributed by atoms with Gasteiger partial charge in [0.2, 0.25) is 0 Å². The smallest absolute Gasteiger partial charge is 0.387 e. The molecule has 3 N–H and O–H groups in total. The lowest BCUT2D eigenvalue weighted by Gasteiger charge is -2.00. The first-order valence-electron chi connectivity index (χ1n) is 6.41. The Balaban J connectivity index is 2.05. The molecule has 0 radical (unpaired) electrons. The molecule has 2 aromatic carbocycles. The van der Waals surface area contributed by atoms with Crippen LogP contribution in [0.25, 0.3) is 0 Å². The van der Waals surface area contributed by atoms with Crippen molar-refractivity contribution in [2.75, 3.05) is 7.11 Å². The van der Waals surface area contributed by atoms with Gasteiger partial charge >= 0.3 is 11.8 Å². The van der Waals surface area contributed by atoms with Crippen LogP contribution in [0.1, 0.15) is 21.5 Å². The second-order valence-corrected chi connectivity index (χ2v) is 4.50. The fourth-order valence-electron chi connectivity index (χ4n) is 1.68. The third-order valence-electron chi connectivity index (χ3n) is 2.94. The molecule has 21 heavy (non-hydrogen) atoms. The van der Waals surface area contributed by atoms with Gasteiger partial charge in [0.05, 0.1) is 18.2 Å². The maximum Gasteiger partial charge on any atom is 0.387 e. The molecule has 0 aliphatic heterocycles. The molecule has 0 saturated carbocycles. The van der Waals surface area contributed by atoms with Gasteiger partial charge in [-0.25, -0.2) is 4.79 Å². The summed E-state index contributed by atoms with van der Waals surface area (Å²) < 4.78 is 5.06. The molecule has 2 aromatic rings. The number of nitrogen functional groups attached to an aromatic ring is 1. The molecule has 0 saturated heterocycles.